The zero-order valence-corrected chi connectivity index (χ0v) is 35.1. The fraction of sp³-hybridized carbons (Fsp3) is 0. The lowest BCUT2D eigenvalue weighted by Crippen LogP contribution is -2.09. The van der Waals surface area contributed by atoms with E-state index in [4.69, 9.17) is 4.42 Å². The van der Waals surface area contributed by atoms with Crippen LogP contribution >= 0.6 is 11.3 Å². The molecule has 0 N–H and O–H groups in total. The van der Waals surface area contributed by atoms with Gasteiger partial charge in [-0.3, -0.25) is 0 Å². The van der Waals surface area contributed by atoms with Crippen molar-refractivity contribution in [2.45, 2.75) is 0 Å². The summed E-state index contributed by atoms with van der Waals surface area (Å²) in [6, 6.07) is 85.4. The molecule has 0 atom stereocenters. The fourth-order valence-corrected chi connectivity index (χ4v) is 10.1. The maximum atomic E-state index is 6.06. The van der Waals surface area contributed by atoms with Crippen molar-refractivity contribution in [2.24, 2.45) is 0 Å². The summed E-state index contributed by atoms with van der Waals surface area (Å²) in [7, 11) is 0. The molecule has 2 aromatic heterocycles. The summed E-state index contributed by atoms with van der Waals surface area (Å²) in [4.78, 5) is 2.32. The van der Waals surface area contributed by atoms with Crippen molar-refractivity contribution in [3.63, 3.8) is 0 Å². The first-order valence-corrected chi connectivity index (χ1v) is 22.2. The van der Waals surface area contributed by atoms with Crippen LogP contribution in [0.15, 0.2) is 241 Å². The molecule has 0 aliphatic rings. The van der Waals surface area contributed by atoms with E-state index in [0.29, 0.717) is 0 Å². The van der Waals surface area contributed by atoms with Gasteiger partial charge >= 0.3 is 0 Å². The van der Waals surface area contributed by atoms with E-state index in [9.17, 15) is 0 Å². The van der Waals surface area contributed by atoms with Crippen LogP contribution in [0.25, 0.3) is 97.7 Å². The molecule has 12 rings (SSSR count). The molecule has 0 amide bonds. The number of thiophene rings is 1. The first-order valence-electron chi connectivity index (χ1n) is 21.4. The van der Waals surface area contributed by atoms with Crippen LogP contribution in [-0.2, 0) is 0 Å². The Morgan fingerprint density at radius 2 is 0.603 bits per heavy atom. The molecule has 0 aliphatic carbocycles. The normalized spacial score (nSPS) is 11.5. The van der Waals surface area contributed by atoms with Gasteiger partial charge in [0.25, 0.3) is 0 Å². The predicted molar refractivity (Wildman–Crippen MR) is 268 cm³/mol. The Morgan fingerprint density at radius 1 is 0.254 bits per heavy atom. The number of hydrogen-bond donors (Lipinski definition) is 0. The molecule has 3 heteroatoms. The van der Waals surface area contributed by atoms with Crippen LogP contribution in [0, 0.1) is 0 Å². The van der Waals surface area contributed by atoms with Gasteiger partial charge in [0.05, 0.1) is 0 Å². The number of furan rings is 1. The SMILES string of the molecule is c1ccc(-c2ccc(N(c3ccccc3)c3ccc(-c4ccc5sc6ccc(-c7ccc(-c8ccc(-c9ccc%10oc%11ccccc%11c%10c9)cc8)cc7)cc6c5c4)cc3)cc2)cc1. The Hall–Kier alpha value is -7.98. The van der Waals surface area contributed by atoms with E-state index < -0.39 is 0 Å². The molecule has 0 saturated heterocycles. The van der Waals surface area contributed by atoms with Gasteiger partial charge in [-0.05, 0) is 134 Å². The van der Waals surface area contributed by atoms with Crippen LogP contribution in [0.3, 0.4) is 0 Å². The van der Waals surface area contributed by atoms with E-state index in [2.05, 4.69) is 229 Å². The van der Waals surface area contributed by atoms with E-state index in [1.807, 2.05) is 23.5 Å². The van der Waals surface area contributed by atoms with Crippen molar-refractivity contribution in [1.82, 2.24) is 0 Å². The van der Waals surface area contributed by atoms with E-state index >= 15 is 0 Å². The summed E-state index contributed by atoms with van der Waals surface area (Å²) in [5.74, 6) is 0. The molecule has 0 aliphatic heterocycles. The molecule has 10 aromatic carbocycles. The van der Waals surface area contributed by atoms with Gasteiger partial charge in [0, 0.05) is 48.0 Å². The first-order chi connectivity index (χ1) is 31.2. The topological polar surface area (TPSA) is 16.4 Å². The summed E-state index contributed by atoms with van der Waals surface area (Å²) in [5, 5.41) is 4.88. The summed E-state index contributed by atoms with van der Waals surface area (Å²) < 4.78 is 8.66. The van der Waals surface area contributed by atoms with Gasteiger partial charge in [-0.25, -0.2) is 0 Å². The van der Waals surface area contributed by atoms with Gasteiger partial charge in [0.2, 0.25) is 0 Å². The minimum Gasteiger partial charge on any atom is -0.456 e. The number of anilines is 3. The summed E-state index contributed by atoms with van der Waals surface area (Å²) in [5.41, 5.74) is 17.2. The summed E-state index contributed by atoms with van der Waals surface area (Å²) in [6.45, 7) is 0. The van der Waals surface area contributed by atoms with Crippen molar-refractivity contribution >= 4 is 70.5 Å². The lowest BCUT2D eigenvalue weighted by molar-refractivity contribution is 0.669. The van der Waals surface area contributed by atoms with Crippen molar-refractivity contribution in [3.05, 3.63) is 237 Å². The Balaban J connectivity index is 0.804. The van der Waals surface area contributed by atoms with Crippen LogP contribution in [0.1, 0.15) is 0 Å². The van der Waals surface area contributed by atoms with Gasteiger partial charge in [-0.15, -0.1) is 11.3 Å². The van der Waals surface area contributed by atoms with E-state index in [1.54, 1.807) is 0 Å². The predicted octanol–water partition coefficient (Wildman–Crippen LogP) is 17.8. The van der Waals surface area contributed by atoms with Crippen molar-refractivity contribution < 1.29 is 4.42 Å². The van der Waals surface area contributed by atoms with Gasteiger partial charge < -0.3 is 9.32 Å². The molecule has 0 spiro atoms. The average molecular weight is 822 g/mol. The quantitative estimate of drug-likeness (QED) is 0.152. The van der Waals surface area contributed by atoms with Crippen LogP contribution < -0.4 is 4.90 Å². The zero-order chi connectivity index (χ0) is 41.7. The number of hydrogen-bond acceptors (Lipinski definition) is 3. The standard InChI is InChI=1S/C60H39NOS/c1-3-9-40(10-4-1)43-23-30-51(31-24-43)61(50-11-5-2-6-12-50)52-32-25-46(26-33-52)49-29-36-60-56(39-49)55-38-48(28-35-59(55)63-60)45-21-17-42(18-22-45)41-15-19-44(20-16-41)47-27-34-58-54(37-47)53-13-7-8-14-57(53)62-58/h1-39H. The van der Waals surface area contributed by atoms with Crippen LogP contribution in [-0.4, -0.2) is 0 Å². The highest BCUT2D eigenvalue weighted by molar-refractivity contribution is 7.25. The molecule has 296 valence electrons. The molecule has 63 heavy (non-hydrogen) atoms. The smallest absolute Gasteiger partial charge is 0.135 e. The number of fused-ring (bicyclic) bond motifs is 6. The molecule has 12 aromatic rings. The Bertz CT molecular complexity index is 3570. The van der Waals surface area contributed by atoms with Gasteiger partial charge in [-0.2, -0.15) is 0 Å². The third kappa shape index (κ3) is 6.86. The molecule has 0 unspecified atom stereocenters. The molecule has 2 nitrogen and oxygen atoms in total. The van der Waals surface area contributed by atoms with E-state index in [1.165, 1.54) is 75.8 Å². The van der Waals surface area contributed by atoms with E-state index in [-0.39, 0.29) is 0 Å². The minimum atomic E-state index is 0.919. The van der Waals surface area contributed by atoms with E-state index in [0.717, 1.165) is 39.0 Å². The molecule has 0 bridgehead atoms. The van der Waals surface area contributed by atoms with Gasteiger partial charge in [0.15, 0.2) is 0 Å². The molecular formula is C60H39NOS. The van der Waals surface area contributed by atoms with Crippen molar-refractivity contribution in [2.75, 3.05) is 4.90 Å². The van der Waals surface area contributed by atoms with Crippen LogP contribution in [0.5, 0.6) is 0 Å². The number of nitrogens with zero attached hydrogens (tertiary/aromatic N) is 1. The second kappa shape index (κ2) is 15.5. The molecule has 0 fully saturated rings. The van der Waals surface area contributed by atoms with Crippen molar-refractivity contribution in [3.8, 4) is 55.6 Å². The van der Waals surface area contributed by atoms with Gasteiger partial charge in [-0.1, -0.05) is 158 Å². The number of benzene rings is 10. The Labute approximate surface area is 370 Å². The monoisotopic (exact) mass is 821 g/mol. The van der Waals surface area contributed by atoms with Crippen molar-refractivity contribution in [1.29, 1.82) is 0 Å². The van der Waals surface area contributed by atoms with Gasteiger partial charge in [0.1, 0.15) is 11.2 Å². The number of para-hydroxylation sites is 2. The van der Waals surface area contributed by atoms with Crippen LogP contribution in [0.2, 0.25) is 0 Å². The highest BCUT2D eigenvalue weighted by Crippen LogP contribution is 2.41. The largest absolute Gasteiger partial charge is 0.456 e. The molecule has 0 radical (unpaired) electrons. The second-order valence-corrected chi connectivity index (χ2v) is 17.2. The lowest BCUT2D eigenvalue weighted by atomic mass is 9.97. The third-order valence-corrected chi connectivity index (χ3v) is 13.5. The minimum absolute atomic E-state index is 0.919. The maximum Gasteiger partial charge on any atom is 0.135 e. The third-order valence-electron chi connectivity index (χ3n) is 12.3. The van der Waals surface area contributed by atoms with Crippen LogP contribution in [0.4, 0.5) is 17.1 Å². The Morgan fingerprint density at radius 3 is 1.13 bits per heavy atom. The highest BCUT2D eigenvalue weighted by atomic mass is 32.1. The summed E-state index contributed by atoms with van der Waals surface area (Å²) >= 11 is 1.86. The maximum absolute atomic E-state index is 6.06. The average Bonchev–Trinajstić information content (AvgIpc) is 3.92. The fourth-order valence-electron chi connectivity index (χ4n) is 9.01. The summed E-state index contributed by atoms with van der Waals surface area (Å²) in [6.07, 6.45) is 0. The molecule has 2 heterocycles. The highest BCUT2D eigenvalue weighted by Gasteiger charge is 2.15. The molecule has 0 saturated carbocycles. The molecular weight excluding hydrogens is 783 g/mol. The lowest BCUT2D eigenvalue weighted by Gasteiger charge is -2.26. The zero-order valence-electron chi connectivity index (χ0n) is 34.3. The first kappa shape index (κ1) is 36.8. The number of rotatable bonds is 8. The Kier molecular flexibility index (Phi) is 9.06. The second-order valence-electron chi connectivity index (χ2n) is 16.1.